The topological polar surface area (TPSA) is 117 Å². The zero-order valence-corrected chi connectivity index (χ0v) is 18.4. The third-order valence-corrected chi connectivity index (χ3v) is 6.69. The van der Waals surface area contributed by atoms with Gasteiger partial charge in [-0.05, 0) is 18.2 Å². The van der Waals surface area contributed by atoms with Crippen LogP contribution in [-0.4, -0.2) is 92.6 Å². The second-order valence-electron chi connectivity index (χ2n) is 7.69. The van der Waals surface area contributed by atoms with Gasteiger partial charge in [-0.25, -0.2) is 4.21 Å². The summed E-state index contributed by atoms with van der Waals surface area (Å²) in [5.41, 5.74) is 0.976. The fourth-order valence-corrected chi connectivity index (χ4v) is 4.70. The van der Waals surface area contributed by atoms with Crippen LogP contribution in [0.2, 0.25) is 5.02 Å². The largest absolute Gasteiger partial charge is 0.374 e. The van der Waals surface area contributed by atoms with E-state index in [1.54, 1.807) is 17.0 Å². The summed E-state index contributed by atoms with van der Waals surface area (Å²) in [5, 5.41) is 9.37. The molecular weight excluding hydrogens is 444 g/mol. The fraction of sp³-hybridized carbons (Fsp3) is 0.474. The van der Waals surface area contributed by atoms with Crippen LogP contribution in [0.3, 0.4) is 0 Å². The highest BCUT2D eigenvalue weighted by Gasteiger charge is 2.35. The molecule has 2 atom stereocenters. The average Bonchev–Trinajstić information content (AvgIpc) is 3.15. The molecule has 0 radical (unpaired) electrons. The highest BCUT2D eigenvalue weighted by molar-refractivity contribution is 7.80. The van der Waals surface area contributed by atoms with Crippen LogP contribution in [0, 0.1) is 0 Å². The molecule has 1 aromatic rings. The molecule has 0 spiro atoms. The maximum absolute atomic E-state index is 12.7. The van der Waals surface area contributed by atoms with E-state index in [0.29, 0.717) is 54.3 Å². The van der Waals surface area contributed by atoms with Crippen molar-refractivity contribution < 1.29 is 18.4 Å². The van der Waals surface area contributed by atoms with Gasteiger partial charge in [-0.3, -0.25) is 14.5 Å². The number of halogens is 1. The van der Waals surface area contributed by atoms with E-state index in [1.165, 1.54) is 6.08 Å². The molecule has 3 aliphatic heterocycles. The molecule has 4 N–H and O–H groups in total. The summed E-state index contributed by atoms with van der Waals surface area (Å²) in [6.07, 6.45) is 1.34. The van der Waals surface area contributed by atoms with Gasteiger partial charge < -0.3 is 30.3 Å². The van der Waals surface area contributed by atoms with E-state index in [0.717, 1.165) is 13.1 Å². The van der Waals surface area contributed by atoms with Gasteiger partial charge in [0, 0.05) is 50.3 Å². The van der Waals surface area contributed by atoms with Crippen molar-refractivity contribution in [3.8, 4) is 0 Å². The fourth-order valence-electron chi connectivity index (χ4n) is 4.04. The predicted octanol–water partition coefficient (Wildman–Crippen LogP) is 0.636. The van der Waals surface area contributed by atoms with Gasteiger partial charge in [0.2, 0.25) is 17.3 Å². The minimum atomic E-state index is -2.11. The maximum Gasteiger partial charge on any atom is 0.246 e. The minimum Gasteiger partial charge on any atom is -0.374 e. The van der Waals surface area contributed by atoms with Crippen LogP contribution in [0.5, 0.6) is 0 Å². The van der Waals surface area contributed by atoms with Crippen LogP contribution >= 0.6 is 11.6 Å². The zero-order chi connectivity index (χ0) is 22.1. The highest BCUT2D eigenvalue weighted by atomic mass is 35.5. The molecule has 4 rings (SSSR count). The summed E-state index contributed by atoms with van der Waals surface area (Å²) >= 11 is 4.04. The van der Waals surface area contributed by atoms with Crippen molar-refractivity contribution in [3.63, 3.8) is 0 Å². The van der Waals surface area contributed by atoms with Gasteiger partial charge in [-0.15, -0.1) is 0 Å². The summed E-state index contributed by atoms with van der Waals surface area (Å²) in [6, 6.07) is 3.68. The molecule has 1 aromatic carbocycles. The monoisotopic (exact) mass is 468 g/mol. The second-order valence-corrected chi connectivity index (χ2v) is 9.15. The molecule has 0 bridgehead atoms. The van der Waals surface area contributed by atoms with E-state index in [-0.39, 0.29) is 18.4 Å². The van der Waals surface area contributed by atoms with Gasteiger partial charge in [0.25, 0.3) is 0 Å². The van der Waals surface area contributed by atoms with Gasteiger partial charge in [0.1, 0.15) is 0 Å². The summed E-state index contributed by atoms with van der Waals surface area (Å²) in [6.45, 7) is 7.82. The number of fused-ring (bicyclic) bond motifs is 1. The molecule has 10 nitrogen and oxygen atoms in total. The smallest absolute Gasteiger partial charge is 0.246 e. The molecule has 31 heavy (non-hydrogen) atoms. The van der Waals surface area contributed by atoms with Gasteiger partial charge >= 0.3 is 0 Å². The number of carbonyl (C=O) groups excluding carboxylic acids is 2. The van der Waals surface area contributed by atoms with Crippen LogP contribution in [-0.2, 0) is 20.7 Å². The van der Waals surface area contributed by atoms with Crippen LogP contribution in [0.4, 0.5) is 17.1 Å². The van der Waals surface area contributed by atoms with Crippen molar-refractivity contribution in [1.29, 1.82) is 0 Å². The first-order valence-corrected chi connectivity index (χ1v) is 11.5. The molecule has 2 amide bonds. The van der Waals surface area contributed by atoms with E-state index in [2.05, 4.69) is 27.4 Å². The van der Waals surface area contributed by atoms with Crippen molar-refractivity contribution in [3.05, 3.63) is 29.8 Å². The molecule has 3 heterocycles. The number of benzene rings is 1. The number of carbonyl (C=O) groups is 2. The van der Waals surface area contributed by atoms with Crippen molar-refractivity contribution in [1.82, 2.24) is 14.7 Å². The Hall–Kier alpha value is -2.34. The lowest BCUT2D eigenvalue weighted by Gasteiger charge is -2.47. The first-order valence-electron chi connectivity index (χ1n) is 9.99. The summed E-state index contributed by atoms with van der Waals surface area (Å²) in [5.74, 6) is -0.0661. The summed E-state index contributed by atoms with van der Waals surface area (Å²) in [7, 11) is 0. The molecule has 0 saturated carbocycles. The molecule has 12 heteroatoms. The minimum absolute atomic E-state index is 0.0290. The van der Waals surface area contributed by atoms with E-state index < -0.39 is 16.6 Å². The molecule has 2 fully saturated rings. The number of likely N-dealkylation sites (tertiary alicyclic amines) is 1. The van der Waals surface area contributed by atoms with Gasteiger partial charge in [-0.1, -0.05) is 18.2 Å². The Labute approximate surface area is 187 Å². The number of nitrogens with zero attached hydrogens (tertiary/aromatic N) is 3. The number of piperazine rings is 1. The van der Waals surface area contributed by atoms with Crippen molar-refractivity contribution in [2.45, 2.75) is 11.5 Å². The number of hydrogen-bond acceptors (Lipinski definition) is 7. The molecule has 0 aromatic heterocycles. The Morgan fingerprint density at radius 3 is 2.58 bits per heavy atom. The van der Waals surface area contributed by atoms with E-state index in [9.17, 15) is 18.4 Å². The number of amides is 2. The number of anilines is 3. The Kier molecular flexibility index (Phi) is 6.37. The van der Waals surface area contributed by atoms with E-state index in [1.807, 2.05) is 4.90 Å². The SMILES string of the molecule is C=CC(=O)N1CC(N2CCN(C(=O)CNc3cc(Cl)cc4c3NC(S(=O)O)N4)CC2)C1. The second kappa shape index (κ2) is 9.03. The summed E-state index contributed by atoms with van der Waals surface area (Å²) in [4.78, 5) is 30.2. The number of rotatable bonds is 6. The molecular formula is C19H25ClN6O4S. The number of hydrogen-bond donors (Lipinski definition) is 4. The third kappa shape index (κ3) is 4.64. The highest BCUT2D eigenvalue weighted by Crippen LogP contribution is 2.39. The molecule has 168 valence electrons. The summed E-state index contributed by atoms with van der Waals surface area (Å²) < 4.78 is 20.7. The predicted molar refractivity (Wildman–Crippen MR) is 120 cm³/mol. The van der Waals surface area contributed by atoms with Crippen LogP contribution in [0.25, 0.3) is 0 Å². The third-order valence-electron chi connectivity index (χ3n) is 5.83. The van der Waals surface area contributed by atoms with Crippen molar-refractivity contribution in [2.75, 3.05) is 61.8 Å². The lowest BCUT2D eigenvalue weighted by Crippen LogP contribution is -2.64. The molecule has 2 unspecified atom stereocenters. The van der Waals surface area contributed by atoms with E-state index in [4.69, 9.17) is 11.6 Å². The van der Waals surface area contributed by atoms with E-state index >= 15 is 0 Å². The Morgan fingerprint density at radius 2 is 1.94 bits per heavy atom. The quantitative estimate of drug-likeness (QED) is 0.355. The lowest BCUT2D eigenvalue weighted by molar-refractivity contribution is -0.135. The van der Waals surface area contributed by atoms with Gasteiger partial charge in [0.05, 0.1) is 23.6 Å². The maximum atomic E-state index is 12.7. The van der Waals surface area contributed by atoms with Gasteiger partial charge in [0.15, 0.2) is 11.1 Å². The van der Waals surface area contributed by atoms with Crippen LogP contribution in [0.1, 0.15) is 0 Å². The van der Waals surface area contributed by atoms with Gasteiger partial charge in [-0.2, -0.15) is 0 Å². The molecule has 2 saturated heterocycles. The number of nitrogens with one attached hydrogen (secondary N) is 3. The zero-order valence-electron chi connectivity index (χ0n) is 16.8. The first-order chi connectivity index (χ1) is 14.9. The molecule has 3 aliphatic rings. The first kappa shape index (κ1) is 21.9. The normalized spacial score (nSPS) is 22.1. The Balaban J connectivity index is 1.27. The Morgan fingerprint density at radius 1 is 1.23 bits per heavy atom. The Bertz CT molecular complexity index is 917. The lowest BCUT2D eigenvalue weighted by atomic mass is 10.1. The van der Waals surface area contributed by atoms with Crippen molar-refractivity contribution >= 4 is 51.6 Å². The standard InChI is InChI=1S/C19H25ClN6O4S/c1-2-16(27)26-10-13(11-26)24-3-5-25(6-4-24)17(28)9-21-14-7-12(20)8-15-18(14)23-19(22-15)31(29)30/h2,7-8,13,19,21-23H,1,3-6,9-11H2,(H,29,30). The van der Waals surface area contributed by atoms with Crippen molar-refractivity contribution in [2.24, 2.45) is 0 Å². The molecule has 0 aliphatic carbocycles. The van der Waals surface area contributed by atoms with Crippen LogP contribution < -0.4 is 16.0 Å². The average molecular weight is 469 g/mol. The van der Waals surface area contributed by atoms with Crippen LogP contribution in [0.15, 0.2) is 24.8 Å².